The number of hydrogen-bond acceptors (Lipinski definition) is 0. The maximum absolute atomic E-state index is 6.41. The van der Waals surface area contributed by atoms with Gasteiger partial charge in [-0.3, -0.25) is 0 Å². The second-order valence-corrected chi connectivity index (χ2v) is 6.09. The molecule has 0 fully saturated rings. The van der Waals surface area contributed by atoms with Gasteiger partial charge in [-0.1, -0.05) is 73.5 Å². The van der Waals surface area contributed by atoms with E-state index in [0.717, 1.165) is 25.7 Å². The molecule has 0 saturated heterocycles. The molecule has 0 radical (unpaired) electrons. The molecule has 0 heterocycles. The highest BCUT2D eigenvalue weighted by molar-refractivity contribution is 6.21. The summed E-state index contributed by atoms with van der Waals surface area (Å²) in [4.78, 5) is 0. The Balaban J connectivity index is 1.69. The van der Waals surface area contributed by atoms with Crippen molar-refractivity contribution in [3.63, 3.8) is 0 Å². The highest BCUT2D eigenvalue weighted by atomic mass is 35.5. The fourth-order valence-electron chi connectivity index (χ4n) is 2.30. The lowest BCUT2D eigenvalue weighted by molar-refractivity contribution is 0.623. The Hall–Kier alpha value is -0.980. The van der Waals surface area contributed by atoms with Gasteiger partial charge in [0.25, 0.3) is 0 Å². The third-order valence-corrected chi connectivity index (χ3v) is 4.43. The number of alkyl halides is 2. The van der Waals surface area contributed by atoms with E-state index in [0.29, 0.717) is 0 Å². The number of benzene rings is 2. The van der Waals surface area contributed by atoms with Gasteiger partial charge >= 0.3 is 0 Å². The van der Waals surface area contributed by atoms with Crippen LogP contribution in [-0.4, -0.2) is 0 Å². The molecule has 2 heteroatoms. The minimum Gasteiger partial charge on any atom is -0.118 e. The van der Waals surface area contributed by atoms with E-state index < -0.39 is 0 Å². The van der Waals surface area contributed by atoms with Crippen LogP contribution in [0.5, 0.6) is 0 Å². The van der Waals surface area contributed by atoms with Crippen molar-refractivity contribution in [2.75, 3.05) is 0 Å². The molecular formula is C18H20Cl2. The number of rotatable bonds is 7. The maximum Gasteiger partial charge on any atom is 0.0585 e. The molecule has 0 amide bonds. The first kappa shape index (κ1) is 15.4. The Morgan fingerprint density at radius 2 is 0.950 bits per heavy atom. The van der Waals surface area contributed by atoms with Crippen LogP contribution in [0.3, 0.4) is 0 Å². The van der Waals surface area contributed by atoms with Crippen molar-refractivity contribution in [2.24, 2.45) is 0 Å². The highest BCUT2D eigenvalue weighted by Gasteiger charge is 2.09. The van der Waals surface area contributed by atoms with Crippen LogP contribution in [-0.2, 0) is 0 Å². The molecule has 0 aromatic heterocycles. The number of hydrogen-bond donors (Lipinski definition) is 0. The van der Waals surface area contributed by atoms with Gasteiger partial charge in [0.05, 0.1) is 10.8 Å². The molecule has 0 aliphatic rings. The zero-order valence-corrected chi connectivity index (χ0v) is 13.0. The lowest BCUT2D eigenvalue weighted by Gasteiger charge is -2.12. The Morgan fingerprint density at radius 3 is 1.30 bits per heavy atom. The van der Waals surface area contributed by atoms with Crippen molar-refractivity contribution in [1.82, 2.24) is 0 Å². The Bertz CT molecular complexity index is 434. The SMILES string of the molecule is ClC(CCCCC(Cl)c1ccccc1)c1ccccc1. The summed E-state index contributed by atoms with van der Waals surface area (Å²) in [7, 11) is 0. The smallest absolute Gasteiger partial charge is 0.0585 e. The van der Waals surface area contributed by atoms with Crippen molar-refractivity contribution >= 4 is 23.2 Å². The summed E-state index contributed by atoms with van der Waals surface area (Å²) in [5.41, 5.74) is 2.42. The second-order valence-electron chi connectivity index (χ2n) is 5.04. The first-order valence-corrected chi connectivity index (χ1v) is 8.02. The molecule has 0 nitrogen and oxygen atoms in total. The molecule has 0 bridgehead atoms. The van der Waals surface area contributed by atoms with Gasteiger partial charge in [-0.05, 0) is 24.0 Å². The minimum atomic E-state index is 0.113. The first-order valence-electron chi connectivity index (χ1n) is 7.15. The molecule has 106 valence electrons. The van der Waals surface area contributed by atoms with Gasteiger partial charge in [-0.25, -0.2) is 0 Å². The van der Waals surface area contributed by atoms with Crippen LogP contribution >= 0.6 is 23.2 Å². The van der Waals surface area contributed by atoms with Crippen molar-refractivity contribution in [1.29, 1.82) is 0 Å². The normalized spacial score (nSPS) is 13.9. The van der Waals surface area contributed by atoms with E-state index in [1.54, 1.807) is 0 Å². The molecule has 0 spiro atoms. The van der Waals surface area contributed by atoms with Crippen molar-refractivity contribution in [3.8, 4) is 0 Å². The van der Waals surface area contributed by atoms with Crippen molar-refractivity contribution in [3.05, 3.63) is 71.8 Å². The summed E-state index contributed by atoms with van der Waals surface area (Å²) < 4.78 is 0. The third-order valence-electron chi connectivity index (χ3n) is 3.49. The van der Waals surface area contributed by atoms with Crippen molar-refractivity contribution in [2.45, 2.75) is 36.4 Å². The van der Waals surface area contributed by atoms with E-state index in [1.165, 1.54) is 11.1 Å². The first-order chi connectivity index (χ1) is 9.77. The molecule has 20 heavy (non-hydrogen) atoms. The summed E-state index contributed by atoms with van der Waals surface area (Å²) in [6.07, 6.45) is 4.23. The summed E-state index contributed by atoms with van der Waals surface area (Å²) in [5.74, 6) is 0. The van der Waals surface area contributed by atoms with Gasteiger partial charge in [0.1, 0.15) is 0 Å². The number of halogens is 2. The van der Waals surface area contributed by atoms with Crippen LogP contribution in [0.4, 0.5) is 0 Å². The molecule has 2 aromatic carbocycles. The van der Waals surface area contributed by atoms with E-state index in [2.05, 4.69) is 24.3 Å². The predicted molar refractivity (Wildman–Crippen MR) is 88.5 cm³/mol. The largest absolute Gasteiger partial charge is 0.118 e. The average molecular weight is 307 g/mol. The Labute approximate surface area is 131 Å². The molecule has 2 unspecified atom stereocenters. The fraction of sp³-hybridized carbons (Fsp3) is 0.333. The van der Waals surface area contributed by atoms with E-state index >= 15 is 0 Å². The zero-order valence-electron chi connectivity index (χ0n) is 11.5. The lowest BCUT2D eigenvalue weighted by atomic mass is 10.0. The molecule has 2 rings (SSSR count). The van der Waals surface area contributed by atoms with Gasteiger partial charge < -0.3 is 0 Å². The summed E-state index contributed by atoms with van der Waals surface area (Å²) >= 11 is 12.8. The molecule has 0 aliphatic heterocycles. The van der Waals surface area contributed by atoms with Crippen molar-refractivity contribution < 1.29 is 0 Å². The fourth-order valence-corrected chi connectivity index (χ4v) is 2.90. The average Bonchev–Trinajstić information content (AvgIpc) is 2.53. The van der Waals surface area contributed by atoms with Gasteiger partial charge in [0.15, 0.2) is 0 Å². The number of unbranched alkanes of at least 4 members (excludes halogenated alkanes) is 1. The summed E-state index contributed by atoms with van der Waals surface area (Å²) in [6.45, 7) is 0. The van der Waals surface area contributed by atoms with Crippen LogP contribution in [0.15, 0.2) is 60.7 Å². The van der Waals surface area contributed by atoms with E-state index in [9.17, 15) is 0 Å². The molecule has 0 saturated carbocycles. The quantitative estimate of drug-likeness (QED) is 0.404. The molecule has 2 aromatic rings. The van der Waals surface area contributed by atoms with Gasteiger partial charge in [-0.2, -0.15) is 0 Å². The standard InChI is InChI=1S/C18H20Cl2/c19-17(15-9-3-1-4-10-15)13-7-8-14-18(20)16-11-5-2-6-12-16/h1-6,9-12,17-18H,7-8,13-14H2. The second kappa shape index (κ2) is 8.34. The van der Waals surface area contributed by atoms with Gasteiger partial charge in [0.2, 0.25) is 0 Å². The third kappa shape index (κ3) is 4.85. The Kier molecular flexibility index (Phi) is 6.42. The molecule has 0 N–H and O–H groups in total. The monoisotopic (exact) mass is 306 g/mol. The van der Waals surface area contributed by atoms with E-state index in [-0.39, 0.29) is 10.8 Å². The minimum absolute atomic E-state index is 0.113. The van der Waals surface area contributed by atoms with E-state index in [4.69, 9.17) is 23.2 Å². The maximum atomic E-state index is 6.41. The van der Waals surface area contributed by atoms with Crippen LogP contribution < -0.4 is 0 Å². The van der Waals surface area contributed by atoms with Gasteiger partial charge in [-0.15, -0.1) is 23.2 Å². The topological polar surface area (TPSA) is 0 Å². The van der Waals surface area contributed by atoms with Gasteiger partial charge in [0, 0.05) is 0 Å². The highest BCUT2D eigenvalue weighted by Crippen LogP contribution is 2.29. The van der Waals surface area contributed by atoms with Crippen LogP contribution in [0.25, 0.3) is 0 Å². The van der Waals surface area contributed by atoms with Crippen LogP contribution in [0.1, 0.15) is 47.6 Å². The molecular weight excluding hydrogens is 287 g/mol. The Morgan fingerprint density at radius 1 is 0.600 bits per heavy atom. The molecule has 0 aliphatic carbocycles. The van der Waals surface area contributed by atoms with Crippen LogP contribution in [0.2, 0.25) is 0 Å². The zero-order chi connectivity index (χ0) is 14.2. The van der Waals surface area contributed by atoms with E-state index in [1.807, 2.05) is 36.4 Å². The molecule has 2 atom stereocenters. The van der Waals surface area contributed by atoms with Crippen LogP contribution in [0, 0.1) is 0 Å². The summed E-state index contributed by atoms with van der Waals surface area (Å²) in [6, 6.07) is 20.5. The summed E-state index contributed by atoms with van der Waals surface area (Å²) in [5, 5.41) is 0.225. The lowest BCUT2D eigenvalue weighted by Crippen LogP contribution is -1.93. The predicted octanol–water partition coefficient (Wildman–Crippen LogP) is 6.51.